The SMILES string of the molecule is CC(C)(C)OC(=O)N1CCCC(OS(=O)(=O)C(F)(F)F)C1. The van der Waals surface area contributed by atoms with Crippen LogP contribution in [0.3, 0.4) is 0 Å². The van der Waals surface area contributed by atoms with Gasteiger partial charge in [0.05, 0.1) is 12.6 Å². The summed E-state index contributed by atoms with van der Waals surface area (Å²) in [6.45, 7) is 4.97. The molecule has 1 heterocycles. The Hall–Kier alpha value is -1.03. The minimum Gasteiger partial charge on any atom is -0.444 e. The quantitative estimate of drug-likeness (QED) is 0.572. The van der Waals surface area contributed by atoms with Crippen molar-refractivity contribution in [1.82, 2.24) is 4.90 Å². The molecule has 0 spiro atoms. The van der Waals surface area contributed by atoms with Crippen molar-refractivity contribution in [2.24, 2.45) is 0 Å². The molecule has 0 aromatic heterocycles. The first-order valence-corrected chi connectivity index (χ1v) is 7.70. The Morgan fingerprint density at radius 3 is 2.29 bits per heavy atom. The predicted octanol–water partition coefficient (Wildman–Crippen LogP) is 2.25. The van der Waals surface area contributed by atoms with Crippen molar-refractivity contribution in [3.05, 3.63) is 0 Å². The molecule has 0 aromatic rings. The van der Waals surface area contributed by atoms with Crippen LogP contribution in [-0.4, -0.2) is 49.7 Å². The maximum atomic E-state index is 12.2. The number of ether oxygens (including phenoxy) is 1. The van der Waals surface area contributed by atoms with Crippen molar-refractivity contribution >= 4 is 16.2 Å². The molecule has 1 amide bonds. The first-order valence-electron chi connectivity index (χ1n) is 6.29. The highest BCUT2D eigenvalue weighted by Gasteiger charge is 2.49. The van der Waals surface area contributed by atoms with Crippen LogP contribution in [0.1, 0.15) is 33.6 Å². The van der Waals surface area contributed by atoms with Gasteiger partial charge in [0, 0.05) is 6.54 Å². The number of likely N-dealkylation sites (tertiary alicyclic amines) is 1. The smallest absolute Gasteiger partial charge is 0.444 e. The lowest BCUT2D eigenvalue weighted by Gasteiger charge is -2.33. The Balaban J connectivity index is 2.67. The van der Waals surface area contributed by atoms with Gasteiger partial charge in [-0.15, -0.1) is 0 Å². The topological polar surface area (TPSA) is 72.9 Å². The van der Waals surface area contributed by atoms with Crippen LogP contribution in [0.5, 0.6) is 0 Å². The molecule has 1 aliphatic heterocycles. The van der Waals surface area contributed by atoms with Crippen LogP contribution in [0.2, 0.25) is 0 Å². The van der Waals surface area contributed by atoms with E-state index in [0.717, 1.165) is 4.90 Å². The summed E-state index contributed by atoms with van der Waals surface area (Å²) in [7, 11) is -5.66. The van der Waals surface area contributed by atoms with Crippen LogP contribution in [-0.2, 0) is 19.0 Å². The summed E-state index contributed by atoms with van der Waals surface area (Å²) in [5.74, 6) is 0. The van der Waals surface area contributed by atoms with E-state index in [1.807, 2.05) is 0 Å². The average Bonchev–Trinajstić information content (AvgIpc) is 2.24. The molecule has 1 unspecified atom stereocenters. The number of nitrogens with zero attached hydrogens (tertiary/aromatic N) is 1. The van der Waals surface area contributed by atoms with E-state index in [2.05, 4.69) is 4.18 Å². The molecule has 10 heteroatoms. The zero-order chi connectivity index (χ0) is 16.5. The zero-order valence-electron chi connectivity index (χ0n) is 11.9. The number of amides is 1. The third-order valence-corrected chi connectivity index (χ3v) is 3.67. The van der Waals surface area contributed by atoms with Crippen molar-refractivity contribution in [1.29, 1.82) is 0 Å². The van der Waals surface area contributed by atoms with Crippen molar-refractivity contribution < 1.29 is 35.3 Å². The molecule has 1 saturated heterocycles. The fraction of sp³-hybridized carbons (Fsp3) is 0.909. The van der Waals surface area contributed by atoms with E-state index >= 15 is 0 Å². The van der Waals surface area contributed by atoms with E-state index in [0.29, 0.717) is 6.42 Å². The fourth-order valence-electron chi connectivity index (χ4n) is 1.74. The van der Waals surface area contributed by atoms with Crippen molar-refractivity contribution in [2.75, 3.05) is 13.1 Å². The van der Waals surface area contributed by atoms with Gasteiger partial charge in [-0.25, -0.2) is 4.79 Å². The number of carbonyl (C=O) groups excluding carboxylic acids is 1. The van der Waals surface area contributed by atoms with E-state index in [9.17, 15) is 26.4 Å². The van der Waals surface area contributed by atoms with Crippen LogP contribution in [0.15, 0.2) is 0 Å². The van der Waals surface area contributed by atoms with Gasteiger partial charge in [-0.2, -0.15) is 21.6 Å². The molecule has 0 bridgehead atoms. The summed E-state index contributed by atoms with van der Waals surface area (Å²) < 4.78 is 67.9. The van der Waals surface area contributed by atoms with Crippen molar-refractivity contribution in [3.63, 3.8) is 0 Å². The second-order valence-electron chi connectivity index (χ2n) is 5.69. The zero-order valence-corrected chi connectivity index (χ0v) is 12.8. The molecule has 1 atom stereocenters. The van der Waals surface area contributed by atoms with Crippen LogP contribution < -0.4 is 0 Å². The third-order valence-electron chi connectivity index (χ3n) is 2.58. The number of rotatable bonds is 2. The minimum atomic E-state index is -5.66. The van der Waals surface area contributed by atoms with Crippen LogP contribution in [0.25, 0.3) is 0 Å². The normalized spacial score (nSPS) is 21.2. The van der Waals surface area contributed by atoms with Crippen LogP contribution in [0.4, 0.5) is 18.0 Å². The van der Waals surface area contributed by atoms with Gasteiger partial charge in [0.25, 0.3) is 0 Å². The van der Waals surface area contributed by atoms with Gasteiger partial charge in [0.15, 0.2) is 0 Å². The summed E-state index contributed by atoms with van der Waals surface area (Å²) in [5.41, 5.74) is -6.22. The molecule has 1 aliphatic rings. The lowest BCUT2D eigenvalue weighted by molar-refractivity contribution is -0.0601. The Morgan fingerprint density at radius 2 is 1.81 bits per heavy atom. The van der Waals surface area contributed by atoms with E-state index in [1.165, 1.54) is 0 Å². The summed E-state index contributed by atoms with van der Waals surface area (Å²) in [6, 6.07) is 0. The summed E-state index contributed by atoms with van der Waals surface area (Å²) in [6.07, 6.45) is -1.48. The number of piperidine rings is 1. The highest BCUT2D eigenvalue weighted by Crippen LogP contribution is 2.28. The average molecular weight is 333 g/mol. The first-order chi connectivity index (χ1) is 9.32. The Morgan fingerprint density at radius 1 is 1.24 bits per heavy atom. The number of carbonyl (C=O) groups is 1. The fourth-order valence-corrected chi connectivity index (χ4v) is 2.37. The van der Waals surface area contributed by atoms with E-state index in [-0.39, 0.29) is 19.5 Å². The second kappa shape index (κ2) is 5.99. The van der Waals surface area contributed by atoms with E-state index in [4.69, 9.17) is 4.74 Å². The minimum absolute atomic E-state index is 0.120. The standard InChI is InChI=1S/C11H18F3NO5S/c1-10(2,3)19-9(16)15-6-4-5-8(7-15)20-21(17,18)11(12,13)14/h8H,4-7H2,1-3H3. The molecule has 124 valence electrons. The number of hydrogen-bond acceptors (Lipinski definition) is 5. The maximum absolute atomic E-state index is 12.2. The molecule has 0 radical (unpaired) electrons. The van der Waals surface area contributed by atoms with Crippen molar-refractivity contribution in [2.45, 2.75) is 50.8 Å². The van der Waals surface area contributed by atoms with Gasteiger partial charge in [-0.3, -0.25) is 4.18 Å². The maximum Gasteiger partial charge on any atom is 0.523 e. The highest BCUT2D eigenvalue weighted by atomic mass is 32.2. The highest BCUT2D eigenvalue weighted by molar-refractivity contribution is 7.87. The predicted molar refractivity (Wildman–Crippen MR) is 66.9 cm³/mol. The van der Waals surface area contributed by atoms with Crippen LogP contribution in [0, 0.1) is 0 Å². The van der Waals surface area contributed by atoms with Gasteiger partial charge in [0.2, 0.25) is 0 Å². The Bertz CT molecular complexity index is 483. The Labute approximate surface area is 121 Å². The molecule has 21 heavy (non-hydrogen) atoms. The molecule has 1 fully saturated rings. The lowest BCUT2D eigenvalue weighted by atomic mass is 10.1. The summed E-state index contributed by atoms with van der Waals surface area (Å²) in [5, 5.41) is 0. The molecule has 0 aliphatic carbocycles. The van der Waals surface area contributed by atoms with E-state index in [1.54, 1.807) is 20.8 Å². The number of alkyl halides is 3. The Kier molecular flexibility index (Phi) is 5.14. The van der Waals surface area contributed by atoms with Gasteiger partial charge in [-0.1, -0.05) is 0 Å². The number of halogens is 3. The van der Waals surface area contributed by atoms with Gasteiger partial charge in [-0.05, 0) is 33.6 Å². The second-order valence-corrected chi connectivity index (χ2v) is 7.25. The molecular weight excluding hydrogens is 315 g/mol. The van der Waals surface area contributed by atoms with Gasteiger partial charge < -0.3 is 9.64 Å². The summed E-state index contributed by atoms with van der Waals surface area (Å²) >= 11 is 0. The molecule has 0 N–H and O–H groups in total. The summed E-state index contributed by atoms with van der Waals surface area (Å²) in [4.78, 5) is 12.9. The van der Waals surface area contributed by atoms with Crippen molar-refractivity contribution in [3.8, 4) is 0 Å². The molecule has 6 nitrogen and oxygen atoms in total. The molecule has 0 saturated carbocycles. The molecule has 1 rings (SSSR count). The molecular formula is C11H18F3NO5S. The number of hydrogen-bond donors (Lipinski definition) is 0. The van der Waals surface area contributed by atoms with Crippen LogP contribution >= 0.6 is 0 Å². The van der Waals surface area contributed by atoms with Gasteiger partial charge in [0.1, 0.15) is 5.60 Å². The lowest BCUT2D eigenvalue weighted by Crippen LogP contribution is -2.46. The largest absolute Gasteiger partial charge is 0.523 e. The van der Waals surface area contributed by atoms with Gasteiger partial charge >= 0.3 is 21.7 Å². The monoisotopic (exact) mass is 333 g/mol. The third kappa shape index (κ3) is 5.34. The molecule has 0 aromatic carbocycles. The first kappa shape index (κ1) is 18.0. The van der Waals surface area contributed by atoms with E-state index < -0.39 is 33.4 Å².